The molecule has 1 saturated carbocycles. The lowest BCUT2D eigenvalue weighted by molar-refractivity contribution is -0.115. The molecule has 3 heterocycles. The largest absolute Gasteiger partial charge is 0.358 e. The highest BCUT2D eigenvalue weighted by Gasteiger charge is 2.55. The normalized spacial score (nSPS) is 14.3. The highest BCUT2D eigenvalue weighted by Crippen LogP contribution is 2.53. The minimum Gasteiger partial charge on any atom is -0.358 e. The van der Waals surface area contributed by atoms with Crippen LogP contribution in [0.5, 0.6) is 0 Å². The van der Waals surface area contributed by atoms with E-state index < -0.39 is 23.6 Å². The quantitative estimate of drug-likeness (QED) is 0.407. The van der Waals surface area contributed by atoms with Crippen LogP contribution in [-0.4, -0.2) is 37.0 Å². The first-order valence-electron chi connectivity index (χ1n) is 10.9. The Labute approximate surface area is 198 Å². The van der Waals surface area contributed by atoms with Gasteiger partial charge >= 0.3 is 0 Å². The van der Waals surface area contributed by atoms with Crippen molar-refractivity contribution in [3.63, 3.8) is 0 Å². The van der Waals surface area contributed by atoms with Crippen LogP contribution in [0.4, 0.5) is 19.0 Å². The van der Waals surface area contributed by atoms with E-state index in [4.69, 9.17) is 4.52 Å². The molecule has 4 aromatic rings. The Morgan fingerprint density at radius 3 is 2.57 bits per heavy atom. The van der Waals surface area contributed by atoms with Crippen molar-refractivity contribution in [2.24, 2.45) is 7.05 Å². The van der Waals surface area contributed by atoms with Crippen LogP contribution in [0.15, 0.2) is 53.7 Å². The van der Waals surface area contributed by atoms with E-state index in [1.165, 1.54) is 18.2 Å². The van der Waals surface area contributed by atoms with E-state index in [9.17, 15) is 18.0 Å². The number of nitrogens with zero attached hydrogens (tertiary/aromatic N) is 5. The first kappa shape index (κ1) is 22.8. The Bertz CT molecular complexity index is 1360. The van der Waals surface area contributed by atoms with E-state index in [0.29, 0.717) is 36.2 Å². The smallest absolute Gasteiger partial charge is 0.251 e. The van der Waals surface area contributed by atoms with Gasteiger partial charge in [0.05, 0.1) is 30.3 Å². The van der Waals surface area contributed by atoms with Crippen LogP contribution in [0, 0.1) is 5.82 Å². The molecule has 0 saturated heterocycles. The van der Waals surface area contributed by atoms with Gasteiger partial charge in [-0.25, -0.2) is 28.1 Å². The minimum absolute atomic E-state index is 0.0249. The molecule has 1 aliphatic rings. The molecule has 0 radical (unpaired) electrons. The zero-order valence-corrected chi connectivity index (χ0v) is 18.7. The molecule has 1 amide bonds. The van der Waals surface area contributed by atoms with Crippen LogP contribution in [0.3, 0.4) is 0 Å². The SMILES string of the molecule is Cn1cnc(Cc2ncc(-c3ccc(CC(=O)Nc4cc(C5(C(F)F)CC5)on4)c(F)c3)cn2)c1. The number of hydrogen-bond acceptors (Lipinski definition) is 6. The topological polar surface area (TPSA) is 98.7 Å². The van der Waals surface area contributed by atoms with Crippen molar-refractivity contribution in [1.29, 1.82) is 0 Å². The second-order valence-electron chi connectivity index (χ2n) is 8.66. The average molecular weight is 482 g/mol. The predicted molar refractivity (Wildman–Crippen MR) is 119 cm³/mol. The first-order chi connectivity index (χ1) is 16.8. The number of aromatic nitrogens is 5. The molecule has 35 heavy (non-hydrogen) atoms. The number of hydrogen-bond donors (Lipinski definition) is 1. The molecular weight excluding hydrogens is 461 g/mol. The monoisotopic (exact) mass is 482 g/mol. The number of amides is 1. The molecule has 0 spiro atoms. The molecule has 0 unspecified atom stereocenters. The standard InChI is InChI=1S/C24H21F3N6O2/c1-33-12-17(30-13-33)8-20-28-10-16(11-29-20)14-2-3-15(18(25)6-14)7-22(34)31-21-9-19(35-32-21)24(4-5-24)23(26)27/h2-3,6,9-13,23H,4-5,7-8H2,1H3,(H,31,32,34). The molecule has 8 nitrogen and oxygen atoms in total. The van der Waals surface area contributed by atoms with Gasteiger partial charge in [0.25, 0.3) is 6.43 Å². The van der Waals surface area contributed by atoms with Crippen molar-refractivity contribution in [2.75, 3.05) is 5.32 Å². The third kappa shape index (κ3) is 4.79. The number of carbonyl (C=O) groups is 1. The number of carbonyl (C=O) groups excluding carboxylic acids is 1. The number of imidazole rings is 1. The van der Waals surface area contributed by atoms with E-state index in [0.717, 1.165) is 5.69 Å². The molecule has 11 heteroatoms. The lowest BCUT2D eigenvalue weighted by Gasteiger charge is -2.08. The third-order valence-electron chi connectivity index (χ3n) is 6.02. The maximum atomic E-state index is 14.7. The highest BCUT2D eigenvalue weighted by molar-refractivity contribution is 5.91. The fraction of sp³-hybridized carbons (Fsp3) is 0.292. The Balaban J connectivity index is 1.21. The Kier molecular flexibility index (Phi) is 5.83. The number of aryl methyl sites for hydroxylation is 1. The summed E-state index contributed by atoms with van der Waals surface area (Å²) in [6, 6.07) is 5.80. The van der Waals surface area contributed by atoms with E-state index in [1.807, 2.05) is 17.8 Å². The zero-order valence-electron chi connectivity index (χ0n) is 18.7. The van der Waals surface area contributed by atoms with Gasteiger partial charge in [-0.3, -0.25) is 4.79 Å². The van der Waals surface area contributed by atoms with Crippen molar-refractivity contribution in [1.82, 2.24) is 24.7 Å². The maximum Gasteiger partial charge on any atom is 0.251 e. The Morgan fingerprint density at radius 1 is 1.17 bits per heavy atom. The molecule has 1 aliphatic carbocycles. The van der Waals surface area contributed by atoms with Crippen LogP contribution in [0.1, 0.15) is 35.7 Å². The summed E-state index contributed by atoms with van der Waals surface area (Å²) in [4.78, 5) is 25.3. The third-order valence-corrected chi connectivity index (χ3v) is 6.02. The van der Waals surface area contributed by atoms with Gasteiger partial charge in [-0.1, -0.05) is 17.3 Å². The van der Waals surface area contributed by atoms with Crippen LogP contribution in [-0.2, 0) is 30.1 Å². The number of anilines is 1. The molecule has 1 aromatic carbocycles. The second kappa shape index (κ2) is 8.97. The molecule has 1 fully saturated rings. The van der Waals surface area contributed by atoms with E-state index in [-0.39, 0.29) is 23.6 Å². The molecular formula is C24H21F3N6O2. The molecule has 1 N–H and O–H groups in total. The first-order valence-corrected chi connectivity index (χ1v) is 10.9. The van der Waals surface area contributed by atoms with E-state index >= 15 is 0 Å². The second-order valence-corrected chi connectivity index (χ2v) is 8.66. The van der Waals surface area contributed by atoms with E-state index in [2.05, 4.69) is 25.4 Å². The molecule has 5 rings (SSSR count). The van der Waals surface area contributed by atoms with Gasteiger partial charge in [-0.15, -0.1) is 0 Å². The van der Waals surface area contributed by atoms with E-state index in [1.54, 1.807) is 24.8 Å². The van der Waals surface area contributed by atoms with Gasteiger partial charge in [0.2, 0.25) is 5.91 Å². The summed E-state index contributed by atoms with van der Waals surface area (Å²) in [5, 5.41) is 6.11. The summed E-state index contributed by atoms with van der Waals surface area (Å²) < 4.78 is 48.0. The summed E-state index contributed by atoms with van der Waals surface area (Å²) in [6.45, 7) is 0. The van der Waals surface area contributed by atoms with Crippen molar-refractivity contribution in [3.05, 3.63) is 77.8 Å². The minimum atomic E-state index is -2.56. The zero-order chi connectivity index (χ0) is 24.6. The molecule has 0 atom stereocenters. The van der Waals surface area contributed by atoms with Gasteiger partial charge in [-0.2, -0.15) is 0 Å². The molecule has 0 bridgehead atoms. The van der Waals surface area contributed by atoms with Crippen molar-refractivity contribution < 1.29 is 22.5 Å². The van der Waals surface area contributed by atoms with Crippen molar-refractivity contribution >= 4 is 11.7 Å². The lowest BCUT2D eigenvalue weighted by Crippen LogP contribution is -2.17. The molecule has 0 aliphatic heterocycles. The van der Waals surface area contributed by atoms with Crippen molar-refractivity contribution in [3.8, 4) is 11.1 Å². The maximum absolute atomic E-state index is 14.7. The number of rotatable bonds is 8. The Morgan fingerprint density at radius 2 is 1.94 bits per heavy atom. The van der Waals surface area contributed by atoms with Crippen molar-refractivity contribution in [2.45, 2.75) is 37.5 Å². The Hall–Kier alpha value is -4.02. The summed E-state index contributed by atoms with van der Waals surface area (Å²) in [6.07, 6.45) is 5.10. The number of halogens is 3. The fourth-order valence-electron chi connectivity index (χ4n) is 3.82. The average Bonchev–Trinajstić information content (AvgIpc) is 3.36. The van der Waals surface area contributed by atoms with Gasteiger partial charge in [0.15, 0.2) is 11.6 Å². The molecule has 3 aromatic heterocycles. The predicted octanol–water partition coefficient (Wildman–Crippen LogP) is 4.07. The highest BCUT2D eigenvalue weighted by atomic mass is 19.3. The summed E-state index contributed by atoms with van der Waals surface area (Å²) >= 11 is 0. The van der Waals surface area contributed by atoms with Crippen LogP contribution < -0.4 is 5.32 Å². The van der Waals surface area contributed by atoms with Crippen LogP contribution >= 0.6 is 0 Å². The number of benzene rings is 1. The van der Waals surface area contributed by atoms with Crippen LogP contribution in [0.25, 0.3) is 11.1 Å². The van der Waals surface area contributed by atoms with Crippen LogP contribution in [0.2, 0.25) is 0 Å². The fourth-order valence-corrected chi connectivity index (χ4v) is 3.82. The molecule has 180 valence electrons. The number of alkyl halides is 2. The summed E-state index contributed by atoms with van der Waals surface area (Å²) in [7, 11) is 1.88. The summed E-state index contributed by atoms with van der Waals surface area (Å²) in [5.41, 5.74) is 0.913. The van der Waals surface area contributed by atoms with Gasteiger partial charge in [-0.05, 0) is 30.0 Å². The summed E-state index contributed by atoms with van der Waals surface area (Å²) in [5.74, 6) is -0.437. The van der Waals surface area contributed by atoms with Gasteiger partial charge < -0.3 is 14.4 Å². The van der Waals surface area contributed by atoms with Gasteiger partial charge in [0.1, 0.15) is 11.6 Å². The lowest BCUT2D eigenvalue weighted by atomic mass is 10.0. The van der Waals surface area contributed by atoms with Gasteiger partial charge in [0, 0.05) is 37.3 Å². The number of nitrogens with one attached hydrogen (secondary N) is 1.